The lowest BCUT2D eigenvalue weighted by Crippen LogP contribution is -2.19. The van der Waals surface area contributed by atoms with Gasteiger partial charge < -0.3 is 10.5 Å². The molecule has 0 fully saturated rings. The van der Waals surface area contributed by atoms with E-state index in [0.717, 1.165) is 23.5 Å². The molecule has 1 aromatic carbocycles. The molecule has 0 aliphatic heterocycles. The van der Waals surface area contributed by atoms with Crippen molar-refractivity contribution in [3.05, 3.63) is 29.8 Å². The molecule has 0 radical (unpaired) electrons. The summed E-state index contributed by atoms with van der Waals surface area (Å²) in [6.45, 7) is 2.02. The van der Waals surface area contributed by atoms with Crippen LogP contribution in [0.4, 0.5) is 0 Å². The average molecular weight is 241 g/mol. The Morgan fingerprint density at radius 3 is 2.88 bits per heavy atom. The molecule has 1 aromatic rings. The third-order valence-corrected chi connectivity index (χ3v) is 3.91. The Kier molecular flexibility index (Phi) is 5.49. The molecule has 1 rings (SSSR count). The van der Waals surface area contributed by atoms with Crippen LogP contribution in [0.2, 0.25) is 0 Å². The highest BCUT2D eigenvalue weighted by molar-refractivity contribution is 7.85. The third-order valence-electron chi connectivity index (χ3n) is 2.32. The van der Waals surface area contributed by atoms with Gasteiger partial charge in [-0.05, 0) is 24.1 Å². The Morgan fingerprint density at radius 2 is 2.25 bits per heavy atom. The van der Waals surface area contributed by atoms with Crippen molar-refractivity contribution in [2.24, 2.45) is 5.73 Å². The molecular formula is C12H19NO2S. The minimum absolute atomic E-state index is 0.178. The van der Waals surface area contributed by atoms with E-state index in [0.29, 0.717) is 5.75 Å². The number of ether oxygens (including phenoxy) is 1. The van der Waals surface area contributed by atoms with Gasteiger partial charge in [0.05, 0.1) is 7.11 Å². The SMILES string of the molecule is CCCS(=O)CC(N)c1cccc(OC)c1. The van der Waals surface area contributed by atoms with Crippen molar-refractivity contribution in [2.45, 2.75) is 19.4 Å². The van der Waals surface area contributed by atoms with Crippen molar-refractivity contribution in [1.29, 1.82) is 0 Å². The normalized spacial score (nSPS) is 14.4. The summed E-state index contributed by atoms with van der Waals surface area (Å²) < 4.78 is 16.7. The van der Waals surface area contributed by atoms with Gasteiger partial charge in [-0.15, -0.1) is 0 Å². The predicted molar refractivity (Wildman–Crippen MR) is 68.1 cm³/mol. The molecular weight excluding hydrogens is 222 g/mol. The van der Waals surface area contributed by atoms with Gasteiger partial charge in [0.1, 0.15) is 5.75 Å². The maximum atomic E-state index is 11.6. The molecule has 0 aliphatic rings. The Labute approximate surface area is 99.4 Å². The van der Waals surface area contributed by atoms with Crippen LogP contribution >= 0.6 is 0 Å². The molecule has 0 aromatic heterocycles. The maximum absolute atomic E-state index is 11.6. The van der Waals surface area contributed by atoms with E-state index in [4.69, 9.17) is 10.5 Å². The standard InChI is InChI=1S/C12H19NO2S/c1-3-7-16(14)9-12(13)10-5-4-6-11(8-10)15-2/h4-6,8,12H,3,7,9,13H2,1-2H3. The van der Waals surface area contributed by atoms with Gasteiger partial charge in [-0.25, -0.2) is 0 Å². The van der Waals surface area contributed by atoms with Crippen molar-refractivity contribution in [1.82, 2.24) is 0 Å². The smallest absolute Gasteiger partial charge is 0.119 e. The van der Waals surface area contributed by atoms with E-state index < -0.39 is 10.8 Å². The Balaban J connectivity index is 2.64. The van der Waals surface area contributed by atoms with E-state index in [-0.39, 0.29) is 6.04 Å². The van der Waals surface area contributed by atoms with Gasteiger partial charge in [0.15, 0.2) is 0 Å². The zero-order valence-corrected chi connectivity index (χ0v) is 10.6. The molecule has 3 nitrogen and oxygen atoms in total. The summed E-state index contributed by atoms with van der Waals surface area (Å²) in [7, 11) is 0.800. The highest BCUT2D eigenvalue weighted by Gasteiger charge is 2.10. The first kappa shape index (κ1) is 13.2. The molecule has 0 amide bonds. The van der Waals surface area contributed by atoms with Crippen molar-refractivity contribution in [3.63, 3.8) is 0 Å². The number of methoxy groups -OCH3 is 1. The highest BCUT2D eigenvalue weighted by Crippen LogP contribution is 2.18. The zero-order chi connectivity index (χ0) is 12.0. The second-order valence-corrected chi connectivity index (χ2v) is 5.31. The van der Waals surface area contributed by atoms with Crippen molar-refractivity contribution in [3.8, 4) is 5.75 Å². The first-order chi connectivity index (χ1) is 7.67. The van der Waals surface area contributed by atoms with Crippen LogP contribution in [0.5, 0.6) is 5.75 Å². The minimum Gasteiger partial charge on any atom is -0.497 e. The lowest BCUT2D eigenvalue weighted by atomic mass is 10.1. The van der Waals surface area contributed by atoms with E-state index in [1.54, 1.807) is 7.11 Å². The van der Waals surface area contributed by atoms with Crippen LogP contribution in [-0.2, 0) is 10.8 Å². The van der Waals surface area contributed by atoms with Crippen LogP contribution in [0.3, 0.4) is 0 Å². The summed E-state index contributed by atoms with van der Waals surface area (Å²) in [5.41, 5.74) is 6.98. The minimum atomic E-state index is -0.825. The molecule has 0 spiro atoms. The van der Waals surface area contributed by atoms with Crippen LogP contribution in [-0.4, -0.2) is 22.8 Å². The van der Waals surface area contributed by atoms with Crippen LogP contribution < -0.4 is 10.5 Å². The molecule has 0 bridgehead atoms. The van der Waals surface area contributed by atoms with Gasteiger partial charge in [-0.2, -0.15) is 0 Å². The summed E-state index contributed by atoms with van der Waals surface area (Å²) in [5, 5.41) is 0. The first-order valence-electron chi connectivity index (χ1n) is 5.42. The van der Waals surface area contributed by atoms with Gasteiger partial charge in [-0.3, -0.25) is 4.21 Å². The number of hydrogen-bond acceptors (Lipinski definition) is 3. The van der Waals surface area contributed by atoms with E-state index >= 15 is 0 Å². The van der Waals surface area contributed by atoms with Crippen molar-refractivity contribution in [2.75, 3.05) is 18.6 Å². The fraction of sp³-hybridized carbons (Fsp3) is 0.500. The topological polar surface area (TPSA) is 52.3 Å². The van der Waals surface area contributed by atoms with Crippen LogP contribution in [0, 0.1) is 0 Å². The molecule has 90 valence electrons. The van der Waals surface area contributed by atoms with Crippen molar-refractivity contribution >= 4 is 10.8 Å². The van der Waals surface area contributed by atoms with Crippen molar-refractivity contribution < 1.29 is 8.95 Å². The summed E-state index contributed by atoms with van der Waals surface area (Å²) in [6, 6.07) is 7.43. The summed E-state index contributed by atoms with van der Waals surface area (Å²) in [6.07, 6.45) is 0.928. The molecule has 0 aliphatic carbocycles. The third kappa shape index (κ3) is 3.94. The quantitative estimate of drug-likeness (QED) is 0.827. The molecule has 0 saturated carbocycles. The Hall–Kier alpha value is -0.870. The molecule has 2 N–H and O–H groups in total. The monoisotopic (exact) mass is 241 g/mol. The molecule has 0 saturated heterocycles. The molecule has 2 atom stereocenters. The fourth-order valence-electron chi connectivity index (χ4n) is 1.48. The first-order valence-corrected chi connectivity index (χ1v) is 6.90. The molecule has 0 heterocycles. The fourth-order valence-corrected chi connectivity index (χ4v) is 2.69. The summed E-state index contributed by atoms with van der Waals surface area (Å²) in [5.74, 6) is 2.02. The maximum Gasteiger partial charge on any atom is 0.119 e. The lowest BCUT2D eigenvalue weighted by molar-refractivity contribution is 0.414. The predicted octanol–water partition coefficient (Wildman–Crippen LogP) is 1.85. The van der Waals surface area contributed by atoms with Crippen LogP contribution in [0.1, 0.15) is 24.9 Å². The summed E-state index contributed by atoms with van der Waals surface area (Å²) >= 11 is 0. The van der Waals surface area contributed by atoms with E-state index in [1.807, 2.05) is 31.2 Å². The Morgan fingerprint density at radius 1 is 1.50 bits per heavy atom. The lowest BCUT2D eigenvalue weighted by Gasteiger charge is -2.12. The van der Waals surface area contributed by atoms with Gasteiger partial charge >= 0.3 is 0 Å². The Bertz CT molecular complexity index is 355. The largest absolute Gasteiger partial charge is 0.497 e. The van der Waals surface area contributed by atoms with E-state index in [1.165, 1.54) is 0 Å². The van der Waals surface area contributed by atoms with Gasteiger partial charge in [-0.1, -0.05) is 19.1 Å². The second kappa shape index (κ2) is 6.66. The number of rotatable bonds is 6. The van der Waals surface area contributed by atoms with E-state index in [2.05, 4.69) is 0 Å². The average Bonchev–Trinajstić information content (AvgIpc) is 2.29. The highest BCUT2D eigenvalue weighted by atomic mass is 32.2. The van der Waals surface area contributed by atoms with Crippen LogP contribution in [0.25, 0.3) is 0 Å². The number of hydrogen-bond donors (Lipinski definition) is 1. The van der Waals surface area contributed by atoms with Gasteiger partial charge in [0, 0.05) is 28.3 Å². The number of nitrogens with two attached hydrogens (primary N) is 1. The van der Waals surface area contributed by atoms with Gasteiger partial charge in [0.25, 0.3) is 0 Å². The number of benzene rings is 1. The molecule has 4 heteroatoms. The second-order valence-electron chi connectivity index (χ2n) is 3.69. The molecule has 2 unspecified atom stereocenters. The zero-order valence-electron chi connectivity index (χ0n) is 9.81. The van der Waals surface area contributed by atoms with Gasteiger partial charge in [0.2, 0.25) is 0 Å². The van der Waals surface area contributed by atoms with E-state index in [9.17, 15) is 4.21 Å². The molecule has 16 heavy (non-hydrogen) atoms. The summed E-state index contributed by atoms with van der Waals surface area (Å²) in [4.78, 5) is 0. The van der Waals surface area contributed by atoms with Crippen LogP contribution in [0.15, 0.2) is 24.3 Å².